The Morgan fingerprint density at radius 3 is 0.700 bits per heavy atom. The second-order valence-corrected chi connectivity index (χ2v) is 15.9. The number of hydrogen-bond donors (Lipinski definition) is 6. The normalized spacial score (nSPS) is 14.9. The van der Waals surface area contributed by atoms with Crippen LogP contribution in [-0.2, 0) is 29.2 Å². The van der Waals surface area contributed by atoms with Gasteiger partial charge in [0.15, 0.2) is 0 Å². The van der Waals surface area contributed by atoms with Crippen LogP contribution in [0.5, 0.6) is 0 Å². The lowest BCUT2D eigenvalue weighted by Crippen LogP contribution is -2.31. The molecule has 0 fully saturated rings. The van der Waals surface area contributed by atoms with Crippen molar-refractivity contribution in [1.82, 2.24) is 0 Å². The summed E-state index contributed by atoms with van der Waals surface area (Å²) in [4.78, 5) is 60.2. The van der Waals surface area contributed by atoms with E-state index in [1.54, 1.807) is 0 Å². The molecule has 0 unspecified atom stereocenters. The zero-order valence-corrected chi connectivity index (χ0v) is 21.4. The molecule has 30 heavy (non-hydrogen) atoms. The lowest BCUT2D eigenvalue weighted by molar-refractivity contribution is 0.334. The Bertz CT molecular complexity index is 857. The van der Waals surface area contributed by atoms with Gasteiger partial charge in [0.1, 0.15) is 0 Å². The Balaban J connectivity index is 4.48. The quantitative estimate of drug-likeness (QED) is 0.327. The molecule has 0 aromatic heterocycles. The zero-order valence-electron chi connectivity index (χ0n) is 18.7. The fourth-order valence-electron chi connectivity index (χ4n) is 4.41. The molecule has 174 valence electrons. The van der Waals surface area contributed by atoms with Crippen molar-refractivity contribution in [3.05, 3.63) is 33.4 Å². The van der Waals surface area contributed by atoms with Crippen LogP contribution in [-0.4, -0.2) is 29.4 Å². The molecule has 0 radical (unpaired) electrons. The molecule has 0 spiro atoms. The summed E-state index contributed by atoms with van der Waals surface area (Å²) in [5.74, 6) is 0. The van der Waals surface area contributed by atoms with Gasteiger partial charge in [0.2, 0.25) is 0 Å². The number of hydrogen-bond acceptors (Lipinski definition) is 3. The maximum atomic E-state index is 12.3. The molecular formula is C18H33O9P3. The van der Waals surface area contributed by atoms with E-state index in [0.717, 1.165) is 0 Å². The molecule has 1 aromatic rings. The van der Waals surface area contributed by atoms with Crippen molar-refractivity contribution < 1.29 is 43.1 Å². The monoisotopic (exact) mass is 486 g/mol. The predicted molar refractivity (Wildman–Crippen MR) is 116 cm³/mol. The van der Waals surface area contributed by atoms with Crippen LogP contribution in [0.15, 0.2) is 0 Å². The van der Waals surface area contributed by atoms with E-state index in [4.69, 9.17) is 0 Å². The third-order valence-corrected chi connectivity index (χ3v) is 11.3. The molecule has 0 heterocycles. The van der Waals surface area contributed by atoms with Gasteiger partial charge in [-0.15, -0.1) is 0 Å². The third-order valence-electron chi connectivity index (χ3n) is 6.27. The lowest BCUT2D eigenvalue weighted by Gasteiger charge is -2.40. The summed E-state index contributed by atoms with van der Waals surface area (Å²) in [6, 6.07) is 0. The summed E-state index contributed by atoms with van der Waals surface area (Å²) in [7, 11) is -14.3. The van der Waals surface area contributed by atoms with Crippen LogP contribution in [0.4, 0.5) is 0 Å². The molecule has 9 nitrogen and oxygen atoms in total. The minimum atomic E-state index is -4.77. The van der Waals surface area contributed by atoms with Gasteiger partial charge in [-0.3, -0.25) is 13.7 Å². The zero-order chi connectivity index (χ0) is 24.5. The van der Waals surface area contributed by atoms with Gasteiger partial charge in [0.05, 0.1) is 15.5 Å². The van der Waals surface area contributed by atoms with E-state index in [2.05, 4.69) is 0 Å². The second-order valence-electron chi connectivity index (χ2n) is 9.31. The SMILES string of the molecule is Cc1c(C(C)(C)P(=O)(O)O)c(C)c(C(C)(C)P(=O)(O)O)c(C)c1C(C)(C)P(=O)(O)O. The first-order valence-corrected chi connectivity index (χ1v) is 14.0. The molecule has 12 heteroatoms. The Labute approximate surface area is 177 Å². The highest BCUT2D eigenvalue weighted by Crippen LogP contribution is 2.65. The van der Waals surface area contributed by atoms with Gasteiger partial charge in [0.25, 0.3) is 0 Å². The molecule has 0 aliphatic rings. The minimum absolute atomic E-state index is 0.120. The molecular weight excluding hydrogens is 453 g/mol. The highest BCUT2D eigenvalue weighted by molar-refractivity contribution is 7.53. The summed E-state index contributed by atoms with van der Waals surface area (Å²) in [5, 5.41) is -5.31. The van der Waals surface area contributed by atoms with Gasteiger partial charge < -0.3 is 29.4 Å². The molecule has 6 N–H and O–H groups in total. The maximum absolute atomic E-state index is 12.3. The van der Waals surface area contributed by atoms with E-state index < -0.39 is 38.3 Å². The van der Waals surface area contributed by atoms with Crippen LogP contribution < -0.4 is 0 Å². The van der Waals surface area contributed by atoms with Gasteiger partial charge in [-0.05, 0) is 95.7 Å². The van der Waals surface area contributed by atoms with Gasteiger partial charge in [-0.1, -0.05) is 0 Å². The molecule has 0 saturated heterocycles. The first kappa shape index (κ1) is 27.7. The van der Waals surface area contributed by atoms with Crippen molar-refractivity contribution >= 4 is 22.8 Å². The smallest absolute Gasteiger partial charge is 0.324 e. The second kappa shape index (κ2) is 7.62. The topological polar surface area (TPSA) is 173 Å². The Kier molecular flexibility index (Phi) is 7.04. The minimum Gasteiger partial charge on any atom is -0.324 e. The molecule has 0 aliphatic carbocycles. The average Bonchev–Trinajstić information content (AvgIpc) is 2.41. The Morgan fingerprint density at radius 2 is 0.600 bits per heavy atom. The molecule has 1 aromatic carbocycles. The highest BCUT2D eigenvalue weighted by Gasteiger charge is 2.50. The van der Waals surface area contributed by atoms with Gasteiger partial charge in [-0.2, -0.15) is 0 Å². The standard InChI is InChI=1S/C18H33O9P3/c1-10-13(16(4,5)28(19,20)21)11(2)15(18(8,9)30(25,26)27)12(3)14(10)17(6,7)29(22,23)24/h1-9H3,(H2,19,20,21)(H2,22,23,24)(H2,25,26,27). The molecule has 0 amide bonds. The largest absolute Gasteiger partial charge is 0.335 e. The summed E-state index contributed by atoms with van der Waals surface area (Å²) < 4.78 is 37.0. The lowest BCUT2D eigenvalue weighted by atomic mass is 9.77. The first-order chi connectivity index (χ1) is 12.8. The molecule has 0 atom stereocenters. The summed E-state index contributed by atoms with van der Waals surface area (Å²) in [5.41, 5.74) is 1.18. The van der Waals surface area contributed by atoms with Crippen molar-refractivity contribution in [3.8, 4) is 0 Å². The van der Waals surface area contributed by atoms with Crippen LogP contribution in [0, 0.1) is 20.8 Å². The number of rotatable bonds is 6. The summed E-state index contributed by atoms with van der Waals surface area (Å²) in [6.45, 7) is 12.4. The summed E-state index contributed by atoms with van der Waals surface area (Å²) >= 11 is 0. The van der Waals surface area contributed by atoms with E-state index in [1.807, 2.05) is 0 Å². The first-order valence-electron chi connectivity index (χ1n) is 9.17. The average molecular weight is 486 g/mol. The van der Waals surface area contributed by atoms with Crippen molar-refractivity contribution in [2.24, 2.45) is 0 Å². The predicted octanol–water partition coefficient (Wildman–Crippen LogP) is 3.85. The third kappa shape index (κ3) is 4.17. The van der Waals surface area contributed by atoms with E-state index in [-0.39, 0.29) is 33.4 Å². The van der Waals surface area contributed by atoms with Crippen molar-refractivity contribution in [2.75, 3.05) is 0 Å². The fraction of sp³-hybridized carbons (Fsp3) is 0.667. The van der Waals surface area contributed by atoms with Gasteiger partial charge in [-0.25, -0.2) is 0 Å². The van der Waals surface area contributed by atoms with Crippen LogP contribution in [0.2, 0.25) is 0 Å². The van der Waals surface area contributed by atoms with Gasteiger partial charge >= 0.3 is 22.8 Å². The molecule has 0 bridgehead atoms. The van der Waals surface area contributed by atoms with Crippen LogP contribution in [0.25, 0.3) is 0 Å². The van der Waals surface area contributed by atoms with E-state index in [0.29, 0.717) is 0 Å². The van der Waals surface area contributed by atoms with Crippen molar-refractivity contribution in [3.63, 3.8) is 0 Å². The summed E-state index contributed by atoms with van der Waals surface area (Å²) in [6.07, 6.45) is 0. The van der Waals surface area contributed by atoms with Crippen LogP contribution in [0.3, 0.4) is 0 Å². The molecule has 0 saturated carbocycles. The Morgan fingerprint density at radius 1 is 0.467 bits per heavy atom. The molecule has 1 rings (SSSR count). The fourth-order valence-corrected chi connectivity index (χ4v) is 6.29. The van der Waals surface area contributed by atoms with Crippen molar-refractivity contribution in [2.45, 2.75) is 77.8 Å². The van der Waals surface area contributed by atoms with Crippen LogP contribution in [0.1, 0.15) is 74.9 Å². The van der Waals surface area contributed by atoms with E-state index in [9.17, 15) is 43.1 Å². The maximum Gasteiger partial charge on any atom is 0.335 e. The van der Waals surface area contributed by atoms with Crippen LogP contribution >= 0.6 is 22.8 Å². The van der Waals surface area contributed by atoms with E-state index >= 15 is 0 Å². The Hall–Kier alpha value is -0.330. The molecule has 0 aliphatic heterocycles. The van der Waals surface area contributed by atoms with Crippen molar-refractivity contribution in [1.29, 1.82) is 0 Å². The van der Waals surface area contributed by atoms with Gasteiger partial charge in [0, 0.05) is 0 Å². The number of benzene rings is 1. The highest BCUT2D eigenvalue weighted by atomic mass is 31.2. The van der Waals surface area contributed by atoms with E-state index in [1.165, 1.54) is 62.3 Å².